The standard InChI is InChI=1S/C10H14.C6H10O3/c1-2-9-7-4-5-8(6-7)10(9)3-1;1-3-6(7)9-5-4-8-2/h1-2,7-10H,3-6H2;3H,1,4-5H2,2H3/t7?,8?,9-,10?;/m1./s1. The van der Waals surface area contributed by atoms with Gasteiger partial charge in [0.2, 0.25) is 0 Å². The average Bonchev–Trinajstić information content (AvgIpc) is 3.12. The number of methoxy groups -OCH3 is 1. The normalized spacial score (nSPS) is 33.5. The molecule has 3 aliphatic carbocycles. The minimum atomic E-state index is -0.410. The maximum Gasteiger partial charge on any atom is 0.330 e. The second-order valence-electron chi connectivity index (χ2n) is 5.60. The second-order valence-corrected chi connectivity index (χ2v) is 5.60. The van der Waals surface area contributed by atoms with Crippen molar-refractivity contribution in [3.63, 3.8) is 0 Å². The Morgan fingerprint density at radius 1 is 1.37 bits per heavy atom. The first-order valence-corrected chi connectivity index (χ1v) is 7.21. The number of ether oxygens (including phenoxy) is 2. The first-order valence-electron chi connectivity index (χ1n) is 7.21. The first kappa shape index (κ1) is 14.3. The van der Waals surface area contributed by atoms with Crippen LogP contribution in [-0.4, -0.2) is 26.3 Å². The minimum absolute atomic E-state index is 0.293. The predicted molar refractivity (Wildman–Crippen MR) is 74.6 cm³/mol. The molecule has 0 spiro atoms. The van der Waals surface area contributed by atoms with E-state index in [4.69, 9.17) is 0 Å². The molecule has 106 valence electrons. The number of hydrogen-bond donors (Lipinski definition) is 0. The number of esters is 1. The Labute approximate surface area is 115 Å². The molecule has 3 heteroatoms. The molecule has 0 saturated heterocycles. The number of hydrogen-bond acceptors (Lipinski definition) is 3. The van der Waals surface area contributed by atoms with E-state index in [2.05, 4.69) is 28.2 Å². The van der Waals surface area contributed by atoms with E-state index >= 15 is 0 Å². The van der Waals surface area contributed by atoms with Gasteiger partial charge in [0.1, 0.15) is 6.61 Å². The molecule has 2 saturated carbocycles. The lowest BCUT2D eigenvalue weighted by molar-refractivity contribution is -0.138. The Kier molecular flexibility index (Phi) is 5.20. The summed E-state index contributed by atoms with van der Waals surface area (Å²) < 4.78 is 9.17. The van der Waals surface area contributed by atoms with Gasteiger partial charge in [-0.05, 0) is 49.4 Å². The first-order chi connectivity index (χ1) is 9.26. The number of carbonyl (C=O) groups is 1. The van der Waals surface area contributed by atoms with Crippen LogP contribution in [0.2, 0.25) is 0 Å². The molecule has 0 aromatic rings. The van der Waals surface area contributed by atoms with Crippen molar-refractivity contribution in [1.29, 1.82) is 0 Å². The lowest BCUT2D eigenvalue weighted by Crippen LogP contribution is -2.16. The predicted octanol–water partition coefficient (Wildman–Crippen LogP) is 2.97. The Morgan fingerprint density at radius 3 is 2.84 bits per heavy atom. The van der Waals surface area contributed by atoms with Crippen LogP contribution in [0.3, 0.4) is 0 Å². The van der Waals surface area contributed by atoms with Gasteiger partial charge in [0.25, 0.3) is 0 Å². The van der Waals surface area contributed by atoms with E-state index in [1.807, 2.05) is 0 Å². The van der Waals surface area contributed by atoms with Crippen LogP contribution in [0.25, 0.3) is 0 Å². The van der Waals surface area contributed by atoms with Crippen LogP contribution < -0.4 is 0 Å². The molecule has 0 amide bonds. The van der Waals surface area contributed by atoms with Gasteiger partial charge in [0.05, 0.1) is 6.61 Å². The largest absolute Gasteiger partial charge is 0.460 e. The summed E-state index contributed by atoms with van der Waals surface area (Å²) in [6.45, 7) is 3.95. The molecule has 0 radical (unpaired) electrons. The van der Waals surface area contributed by atoms with Crippen LogP contribution in [0.1, 0.15) is 25.7 Å². The van der Waals surface area contributed by atoms with Crippen molar-refractivity contribution >= 4 is 5.97 Å². The molecule has 0 N–H and O–H groups in total. The molecule has 2 fully saturated rings. The molecule has 3 aliphatic rings. The summed E-state index contributed by atoms with van der Waals surface area (Å²) in [5.41, 5.74) is 0. The van der Waals surface area contributed by atoms with Gasteiger partial charge < -0.3 is 9.47 Å². The zero-order chi connectivity index (χ0) is 13.7. The van der Waals surface area contributed by atoms with Gasteiger partial charge in [-0.3, -0.25) is 0 Å². The van der Waals surface area contributed by atoms with Gasteiger partial charge in [0, 0.05) is 13.2 Å². The molecular weight excluding hydrogens is 240 g/mol. The quantitative estimate of drug-likeness (QED) is 0.339. The molecule has 2 bridgehead atoms. The summed E-state index contributed by atoms with van der Waals surface area (Å²) in [4.78, 5) is 10.3. The lowest BCUT2D eigenvalue weighted by Gasteiger charge is -2.23. The van der Waals surface area contributed by atoms with E-state index in [9.17, 15) is 4.79 Å². The van der Waals surface area contributed by atoms with E-state index in [1.165, 1.54) is 12.8 Å². The fourth-order valence-corrected chi connectivity index (χ4v) is 3.78. The van der Waals surface area contributed by atoms with Crippen molar-refractivity contribution in [2.24, 2.45) is 23.7 Å². The molecule has 3 nitrogen and oxygen atoms in total. The molecule has 19 heavy (non-hydrogen) atoms. The van der Waals surface area contributed by atoms with Crippen LogP contribution in [0.4, 0.5) is 0 Å². The van der Waals surface area contributed by atoms with Crippen molar-refractivity contribution in [1.82, 2.24) is 0 Å². The molecule has 3 rings (SSSR count). The molecule has 3 unspecified atom stereocenters. The molecule has 0 aromatic heterocycles. The molecular formula is C16H24O3. The van der Waals surface area contributed by atoms with Gasteiger partial charge in [-0.1, -0.05) is 18.7 Å². The smallest absolute Gasteiger partial charge is 0.330 e. The van der Waals surface area contributed by atoms with E-state index in [1.54, 1.807) is 20.0 Å². The molecule has 0 aromatic carbocycles. The average molecular weight is 264 g/mol. The van der Waals surface area contributed by atoms with Crippen molar-refractivity contribution in [3.8, 4) is 0 Å². The van der Waals surface area contributed by atoms with Crippen LogP contribution in [-0.2, 0) is 14.3 Å². The summed E-state index contributed by atoms with van der Waals surface area (Å²) >= 11 is 0. The van der Waals surface area contributed by atoms with E-state index in [0.29, 0.717) is 13.2 Å². The summed E-state index contributed by atoms with van der Waals surface area (Å²) in [6, 6.07) is 0. The van der Waals surface area contributed by atoms with Crippen molar-refractivity contribution in [3.05, 3.63) is 24.8 Å². The van der Waals surface area contributed by atoms with Crippen LogP contribution >= 0.6 is 0 Å². The van der Waals surface area contributed by atoms with Gasteiger partial charge >= 0.3 is 5.97 Å². The van der Waals surface area contributed by atoms with Crippen LogP contribution in [0, 0.1) is 23.7 Å². The minimum Gasteiger partial charge on any atom is -0.460 e. The number of fused-ring (bicyclic) bond motifs is 5. The highest BCUT2D eigenvalue weighted by Gasteiger charge is 2.47. The lowest BCUT2D eigenvalue weighted by atomic mass is 9.82. The zero-order valence-corrected chi connectivity index (χ0v) is 11.7. The SMILES string of the molecule is C1=C[C@@H]2C3CCC(C3)C2C1.C=CC(=O)OCCOC. The third-order valence-corrected chi connectivity index (χ3v) is 4.62. The fraction of sp³-hybridized carbons (Fsp3) is 0.688. The number of allylic oxidation sites excluding steroid dienone is 2. The Bertz CT molecular complexity index is 348. The Morgan fingerprint density at radius 2 is 2.16 bits per heavy atom. The Hall–Kier alpha value is -1.09. The summed E-state index contributed by atoms with van der Waals surface area (Å²) in [7, 11) is 1.54. The van der Waals surface area contributed by atoms with Crippen LogP contribution in [0.5, 0.6) is 0 Å². The number of carbonyl (C=O) groups excluding carboxylic acids is 1. The maximum absolute atomic E-state index is 10.3. The van der Waals surface area contributed by atoms with Crippen LogP contribution in [0.15, 0.2) is 24.8 Å². The van der Waals surface area contributed by atoms with Crippen molar-refractivity contribution < 1.29 is 14.3 Å². The van der Waals surface area contributed by atoms with Crippen molar-refractivity contribution in [2.75, 3.05) is 20.3 Å². The third-order valence-electron chi connectivity index (χ3n) is 4.62. The Balaban J connectivity index is 0.000000142. The molecule has 0 aliphatic heterocycles. The zero-order valence-electron chi connectivity index (χ0n) is 11.7. The third kappa shape index (κ3) is 3.47. The van der Waals surface area contributed by atoms with Gasteiger partial charge in [-0.25, -0.2) is 4.79 Å². The maximum atomic E-state index is 10.3. The summed E-state index contributed by atoms with van der Waals surface area (Å²) in [6.07, 6.45) is 12.1. The van der Waals surface area contributed by atoms with E-state index in [-0.39, 0.29) is 0 Å². The highest BCUT2D eigenvalue weighted by atomic mass is 16.6. The van der Waals surface area contributed by atoms with Crippen molar-refractivity contribution in [2.45, 2.75) is 25.7 Å². The van der Waals surface area contributed by atoms with E-state index < -0.39 is 5.97 Å². The summed E-state index contributed by atoms with van der Waals surface area (Å²) in [5, 5.41) is 0. The fourth-order valence-electron chi connectivity index (χ4n) is 3.78. The van der Waals surface area contributed by atoms with Gasteiger partial charge in [0.15, 0.2) is 0 Å². The molecule has 4 atom stereocenters. The summed E-state index contributed by atoms with van der Waals surface area (Å²) in [5.74, 6) is 3.95. The highest BCUT2D eigenvalue weighted by molar-refractivity contribution is 5.81. The number of rotatable bonds is 4. The highest BCUT2D eigenvalue weighted by Crippen LogP contribution is 2.56. The second kappa shape index (κ2) is 6.90. The topological polar surface area (TPSA) is 35.5 Å². The molecule has 0 heterocycles. The van der Waals surface area contributed by atoms with E-state index in [0.717, 1.165) is 29.7 Å². The van der Waals surface area contributed by atoms with Gasteiger partial charge in [-0.15, -0.1) is 0 Å². The van der Waals surface area contributed by atoms with Gasteiger partial charge in [-0.2, -0.15) is 0 Å². The monoisotopic (exact) mass is 264 g/mol.